The van der Waals surface area contributed by atoms with E-state index in [2.05, 4.69) is 17.0 Å². The molecule has 0 radical (unpaired) electrons. The smallest absolute Gasteiger partial charge is 0.244 e. The zero-order valence-electron chi connectivity index (χ0n) is 14.8. The van der Waals surface area contributed by atoms with E-state index in [1.165, 1.54) is 51.5 Å². The first-order valence-electron chi connectivity index (χ1n) is 9.47. The highest BCUT2D eigenvalue weighted by atomic mass is 16.1. The van der Waals surface area contributed by atoms with Gasteiger partial charge in [-0.1, -0.05) is 49.6 Å². The number of hydrogen-bond donors (Lipinski definition) is 1. The molecule has 1 saturated heterocycles. The van der Waals surface area contributed by atoms with Gasteiger partial charge < -0.3 is 5.73 Å². The quantitative estimate of drug-likeness (QED) is 0.827. The van der Waals surface area contributed by atoms with Gasteiger partial charge in [0, 0.05) is 17.7 Å². The van der Waals surface area contributed by atoms with Crippen molar-refractivity contribution in [2.24, 2.45) is 5.73 Å². The first-order chi connectivity index (χ1) is 11.7. The van der Waals surface area contributed by atoms with Crippen LogP contribution in [-0.4, -0.2) is 29.4 Å². The minimum atomic E-state index is -0.295. The van der Waals surface area contributed by atoms with Crippen LogP contribution in [0.3, 0.4) is 0 Å². The number of amides is 1. The summed E-state index contributed by atoms with van der Waals surface area (Å²) < 4.78 is 0. The highest BCUT2D eigenvalue weighted by Crippen LogP contribution is 2.34. The molecule has 130 valence electrons. The van der Waals surface area contributed by atoms with Gasteiger partial charge in [-0.2, -0.15) is 0 Å². The minimum absolute atomic E-state index is 0.295. The minimum Gasteiger partial charge on any atom is -0.366 e. The first-order valence-corrected chi connectivity index (χ1v) is 9.47. The second kappa shape index (κ2) is 7.98. The predicted octanol–water partition coefficient (Wildman–Crippen LogP) is 4.13. The molecule has 1 unspecified atom stereocenters. The molecule has 1 heterocycles. The largest absolute Gasteiger partial charge is 0.366 e. The Kier molecular flexibility index (Phi) is 5.72. The number of benzene rings is 1. The normalized spacial score (nSPS) is 24.0. The molecule has 1 saturated carbocycles. The fourth-order valence-electron chi connectivity index (χ4n) is 4.48. The second-order valence-electron chi connectivity index (χ2n) is 7.36. The molecule has 0 bridgehead atoms. The van der Waals surface area contributed by atoms with E-state index in [0.717, 1.165) is 29.2 Å². The van der Waals surface area contributed by atoms with Crippen LogP contribution in [0.25, 0.3) is 5.57 Å². The van der Waals surface area contributed by atoms with Crippen molar-refractivity contribution < 1.29 is 4.79 Å². The van der Waals surface area contributed by atoms with E-state index >= 15 is 0 Å². The Labute approximate surface area is 145 Å². The van der Waals surface area contributed by atoms with Crippen molar-refractivity contribution in [2.45, 2.75) is 70.4 Å². The van der Waals surface area contributed by atoms with Crippen molar-refractivity contribution in [1.29, 1.82) is 0 Å². The molecule has 1 atom stereocenters. The summed E-state index contributed by atoms with van der Waals surface area (Å²) in [6.07, 6.45) is 10.3. The fourth-order valence-corrected chi connectivity index (χ4v) is 4.48. The Balaban J connectivity index is 1.82. The van der Waals surface area contributed by atoms with Gasteiger partial charge in [0.2, 0.25) is 5.91 Å². The van der Waals surface area contributed by atoms with Crippen LogP contribution >= 0.6 is 0 Å². The van der Waals surface area contributed by atoms with Gasteiger partial charge in [0.15, 0.2) is 0 Å². The van der Waals surface area contributed by atoms with E-state index in [-0.39, 0.29) is 5.91 Å². The lowest BCUT2D eigenvalue weighted by Crippen LogP contribution is -2.40. The van der Waals surface area contributed by atoms with Crippen LogP contribution in [0.15, 0.2) is 35.9 Å². The third-order valence-electron chi connectivity index (χ3n) is 5.85. The van der Waals surface area contributed by atoms with Crippen LogP contribution in [0.5, 0.6) is 0 Å². The van der Waals surface area contributed by atoms with E-state index in [1.54, 1.807) is 0 Å². The molecular weight excluding hydrogens is 296 g/mol. The molecule has 0 aromatic heterocycles. The fraction of sp³-hybridized carbons (Fsp3) is 0.571. The Morgan fingerprint density at radius 2 is 1.79 bits per heavy atom. The molecule has 1 aromatic carbocycles. The van der Waals surface area contributed by atoms with Crippen LogP contribution in [0.2, 0.25) is 0 Å². The second-order valence-corrected chi connectivity index (χ2v) is 7.36. The molecule has 1 aromatic rings. The van der Waals surface area contributed by atoms with Gasteiger partial charge in [-0.25, -0.2) is 0 Å². The molecule has 1 amide bonds. The van der Waals surface area contributed by atoms with Gasteiger partial charge in [0.1, 0.15) is 0 Å². The molecule has 0 spiro atoms. The van der Waals surface area contributed by atoms with Crippen molar-refractivity contribution in [3.05, 3.63) is 41.5 Å². The van der Waals surface area contributed by atoms with Crippen LogP contribution in [0, 0.1) is 0 Å². The highest BCUT2D eigenvalue weighted by molar-refractivity contribution is 5.99. The summed E-state index contributed by atoms with van der Waals surface area (Å²) in [6.45, 7) is 3.09. The third kappa shape index (κ3) is 3.89. The van der Waals surface area contributed by atoms with E-state index in [0.29, 0.717) is 6.04 Å². The number of primary amides is 1. The molecule has 2 aliphatic rings. The van der Waals surface area contributed by atoms with Gasteiger partial charge in [-0.15, -0.1) is 0 Å². The standard InChI is InChI=1S/C21H30N2O/c1-16(21(22)24)20(17-9-4-2-5-10-17)15-19-13-8-14-23(19)18-11-6-3-7-12-18/h2,4-5,9-10,18-19H,3,6-8,11-15H2,1H3,(H2,22,24). The van der Waals surface area contributed by atoms with Crippen LogP contribution < -0.4 is 5.73 Å². The summed E-state index contributed by atoms with van der Waals surface area (Å²) in [5.74, 6) is -0.295. The molecule has 24 heavy (non-hydrogen) atoms. The summed E-state index contributed by atoms with van der Waals surface area (Å²) in [4.78, 5) is 14.6. The van der Waals surface area contributed by atoms with Crippen molar-refractivity contribution in [2.75, 3.05) is 6.54 Å². The monoisotopic (exact) mass is 326 g/mol. The number of carbonyl (C=O) groups is 1. The molecule has 1 aliphatic heterocycles. The molecule has 3 rings (SSSR count). The van der Waals surface area contributed by atoms with Gasteiger partial charge in [0.25, 0.3) is 0 Å². The van der Waals surface area contributed by atoms with Crippen LogP contribution in [0.4, 0.5) is 0 Å². The SMILES string of the molecule is CC(C(N)=O)=C(CC1CCCN1C1CCCCC1)c1ccccc1. The topological polar surface area (TPSA) is 46.3 Å². The van der Waals surface area contributed by atoms with Gasteiger partial charge >= 0.3 is 0 Å². The molecule has 2 fully saturated rings. The molecule has 1 aliphatic carbocycles. The summed E-state index contributed by atoms with van der Waals surface area (Å²) in [5, 5.41) is 0. The van der Waals surface area contributed by atoms with Gasteiger partial charge in [-0.3, -0.25) is 9.69 Å². The predicted molar refractivity (Wildman–Crippen MR) is 99.4 cm³/mol. The van der Waals surface area contributed by atoms with E-state index in [9.17, 15) is 4.79 Å². The van der Waals surface area contributed by atoms with Crippen molar-refractivity contribution in [3.63, 3.8) is 0 Å². The maximum atomic E-state index is 11.8. The van der Waals surface area contributed by atoms with Crippen molar-refractivity contribution in [1.82, 2.24) is 4.90 Å². The Hall–Kier alpha value is -1.61. The van der Waals surface area contributed by atoms with Crippen LogP contribution in [-0.2, 0) is 4.79 Å². The van der Waals surface area contributed by atoms with E-state index < -0.39 is 0 Å². The Bertz CT molecular complexity index is 587. The van der Waals surface area contributed by atoms with Gasteiger partial charge in [-0.05, 0) is 56.7 Å². The number of hydrogen-bond acceptors (Lipinski definition) is 2. The zero-order valence-corrected chi connectivity index (χ0v) is 14.8. The number of nitrogens with two attached hydrogens (primary N) is 1. The number of rotatable bonds is 5. The summed E-state index contributed by atoms with van der Waals surface area (Å²) in [5.41, 5.74) is 8.61. The third-order valence-corrected chi connectivity index (χ3v) is 5.85. The maximum Gasteiger partial charge on any atom is 0.244 e. The summed E-state index contributed by atoms with van der Waals surface area (Å²) in [6, 6.07) is 11.6. The maximum absolute atomic E-state index is 11.8. The van der Waals surface area contributed by atoms with Crippen LogP contribution in [0.1, 0.15) is 63.9 Å². The number of nitrogens with zero attached hydrogens (tertiary/aromatic N) is 1. The zero-order chi connectivity index (χ0) is 16.9. The first kappa shape index (κ1) is 17.2. The van der Waals surface area contributed by atoms with Crippen molar-refractivity contribution in [3.8, 4) is 0 Å². The number of likely N-dealkylation sites (tertiary alicyclic amines) is 1. The Morgan fingerprint density at radius 3 is 2.46 bits per heavy atom. The summed E-state index contributed by atoms with van der Waals surface area (Å²) >= 11 is 0. The lowest BCUT2D eigenvalue weighted by Gasteiger charge is -2.36. The van der Waals surface area contributed by atoms with Gasteiger partial charge in [0.05, 0.1) is 0 Å². The molecular formula is C21H30N2O. The van der Waals surface area contributed by atoms with Crippen molar-refractivity contribution >= 4 is 11.5 Å². The highest BCUT2D eigenvalue weighted by Gasteiger charge is 2.32. The number of carbonyl (C=O) groups excluding carboxylic acids is 1. The lowest BCUT2D eigenvalue weighted by atomic mass is 9.90. The molecule has 3 nitrogen and oxygen atoms in total. The Morgan fingerprint density at radius 1 is 1.08 bits per heavy atom. The molecule has 2 N–H and O–H groups in total. The molecule has 3 heteroatoms. The average molecular weight is 326 g/mol. The summed E-state index contributed by atoms with van der Waals surface area (Å²) in [7, 11) is 0. The van der Waals surface area contributed by atoms with E-state index in [1.807, 2.05) is 25.1 Å². The lowest BCUT2D eigenvalue weighted by molar-refractivity contribution is -0.114. The average Bonchev–Trinajstić information content (AvgIpc) is 3.09. The van der Waals surface area contributed by atoms with E-state index in [4.69, 9.17) is 5.73 Å².